The Morgan fingerprint density at radius 1 is 1.20 bits per heavy atom. The Bertz CT molecular complexity index is 1190. The summed E-state index contributed by atoms with van der Waals surface area (Å²) in [5.74, 6) is 1.66. The number of para-hydroxylation sites is 2. The molecule has 0 spiro atoms. The first-order chi connectivity index (χ1) is 14.5. The molecule has 9 heteroatoms. The Kier molecular flexibility index (Phi) is 5.82. The van der Waals surface area contributed by atoms with Crippen molar-refractivity contribution in [3.8, 4) is 27.7 Å². The molecule has 1 aromatic heterocycles. The predicted octanol–water partition coefficient (Wildman–Crippen LogP) is 4.07. The van der Waals surface area contributed by atoms with Crippen molar-refractivity contribution in [3.05, 3.63) is 62.8 Å². The topological polar surface area (TPSA) is 78.8 Å². The minimum absolute atomic E-state index is 0.109. The van der Waals surface area contributed by atoms with Crippen molar-refractivity contribution in [1.29, 1.82) is 0 Å². The molecule has 3 aromatic rings. The van der Waals surface area contributed by atoms with Gasteiger partial charge in [0, 0.05) is 23.9 Å². The van der Waals surface area contributed by atoms with Crippen LogP contribution in [0.4, 0.5) is 5.69 Å². The molecule has 4 rings (SSSR count). The van der Waals surface area contributed by atoms with Crippen molar-refractivity contribution in [2.45, 2.75) is 13.0 Å². The summed E-state index contributed by atoms with van der Waals surface area (Å²) in [6.45, 7) is 0.379. The molecule has 154 valence electrons. The molecule has 1 aliphatic rings. The van der Waals surface area contributed by atoms with Crippen molar-refractivity contribution in [3.63, 3.8) is 0 Å². The number of aromatic nitrogens is 1. The van der Waals surface area contributed by atoms with E-state index in [0.717, 1.165) is 10.4 Å². The summed E-state index contributed by atoms with van der Waals surface area (Å²) in [7, 11) is 1.54. The number of nitrogens with one attached hydrogen (secondary N) is 1. The number of hydrogen-bond donors (Lipinski definition) is 1. The molecular weight excluding hydrogens is 424 g/mol. The van der Waals surface area contributed by atoms with Crippen LogP contribution in [0, 0.1) is 3.95 Å². The lowest BCUT2D eigenvalue weighted by atomic mass is 10.2. The molecule has 0 bridgehead atoms. The van der Waals surface area contributed by atoms with Crippen LogP contribution in [0.3, 0.4) is 0 Å². The second-order valence-corrected chi connectivity index (χ2v) is 8.11. The molecule has 1 N–H and O–H groups in total. The van der Waals surface area contributed by atoms with E-state index in [4.69, 9.17) is 26.4 Å². The monoisotopic (exact) mass is 442 g/mol. The Morgan fingerprint density at radius 3 is 2.80 bits per heavy atom. The van der Waals surface area contributed by atoms with Gasteiger partial charge in [0.25, 0.3) is 5.56 Å². The average molecular weight is 443 g/mol. The summed E-state index contributed by atoms with van der Waals surface area (Å²) in [5, 5.41) is 2.80. The van der Waals surface area contributed by atoms with Crippen molar-refractivity contribution >= 4 is 35.1 Å². The fourth-order valence-electron chi connectivity index (χ4n) is 3.03. The van der Waals surface area contributed by atoms with Crippen molar-refractivity contribution in [2.75, 3.05) is 19.2 Å². The summed E-state index contributed by atoms with van der Waals surface area (Å²) in [6.07, 6.45) is 0.109. The third kappa shape index (κ3) is 4.22. The van der Waals surface area contributed by atoms with Gasteiger partial charge in [-0.2, -0.15) is 0 Å². The zero-order chi connectivity index (χ0) is 21.1. The van der Waals surface area contributed by atoms with Gasteiger partial charge in [0.05, 0.1) is 12.8 Å². The van der Waals surface area contributed by atoms with E-state index < -0.39 is 0 Å². The average Bonchev–Trinajstić information content (AvgIpc) is 3.21. The number of anilines is 1. The number of rotatable bonds is 6. The van der Waals surface area contributed by atoms with Gasteiger partial charge in [0.1, 0.15) is 5.75 Å². The molecule has 0 atom stereocenters. The normalized spacial score (nSPS) is 11.9. The lowest BCUT2D eigenvalue weighted by Crippen LogP contribution is -2.23. The highest BCUT2D eigenvalue weighted by atomic mass is 32.1. The smallest absolute Gasteiger partial charge is 0.253 e. The van der Waals surface area contributed by atoms with E-state index >= 15 is 0 Å². The van der Waals surface area contributed by atoms with E-state index in [0.29, 0.717) is 26.9 Å². The minimum atomic E-state index is -0.253. The number of fused-ring (bicyclic) bond motifs is 1. The van der Waals surface area contributed by atoms with Gasteiger partial charge in [0.2, 0.25) is 12.7 Å². The summed E-state index contributed by atoms with van der Waals surface area (Å²) in [4.78, 5) is 25.7. The second kappa shape index (κ2) is 8.68. The van der Waals surface area contributed by atoms with Gasteiger partial charge in [-0.3, -0.25) is 14.2 Å². The largest absolute Gasteiger partial charge is 0.495 e. The summed E-state index contributed by atoms with van der Waals surface area (Å²) >= 11 is 6.73. The number of hydrogen-bond acceptors (Lipinski definition) is 7. The number of carbonyl (C=O) groups excluding carboxylic acids is 1. The Morgan fingerprint density at radius 2 is 2.00 bits per heavy atom. The molecule has 1 aliphatic heterocycles. The molecule has 0 unspecified atom stereocenters. The van der Waals surface area contributed by atoms with Gasteiger partial charge in [-0.1, -0.05) is 12.1 Å². The third-order valence-corrected chi connectivity index (χ3v) is 5.98. The summed E-state index contributed by atoms with van der Waals surface area (Å²) in [5.41, 5.74) is 1.15. The van der Waals surface area contributed by atoms with E-state index in [2.05, 4.69) is 5.32 Å². The lowest BCUT2D eigenvalue weighted by molar-refractivity contribution is -0.116. The van der Waals surface area contributed by atoms with Crippen LogP contribution in [0.25, 0.3) is 10.4 Å². The Labute approximate surface area is 181 Å². The van der Waals surface area contributed by atoms with Crippen LogP contribution in [0.1, 0.15) is 6.42 Å². The number of carbonyl (C=O) groups is 1. The maximum absolute atomic E-state index is 12.6. The molecule has 0 saturated carbocycles. The van der Waals surface area contributed by atoms with Crippen LogP contribution >= 0.6 is 23.6 Å². The number of methoxy groups -OCH3 is 1. The summed E-state index contributed by atoms with van der Waals surface area (Å²) in [6, 6.07) is 14.2. The molecule has 2 aromatic carbocycles. The van der Waals surface area contributed by atoms with Crippen molar-refractivity contribution in [1.82, 2.24) is 4.57 Å². The molecule has 0 fully saturated rings. The predicted molar refractivity (Wildman–Crippen MR) is 117 cm³/mol. The zero-order valence-electron chi connectivity index (χ0n) is 16.0. The SMILES string of the molecule is COc1ccccc1NC(=O)CCn1c(=O)cc(-c2ccc3c(c2)OCO3)sc1=S. The standard InChI is InChI=1S/C21H18N2O5S2/c1-26-15-5-3-2-4-14(15)22-19(24)8-9-23-20(25)11-18(30-21(23)29)13-6-7-16-17(10-13)28-12-27-16/h2-7,10-11H,8-9,12H2,1H3,(H,22,24). The second-order valence-electron chi connectivity index (χ2n) is 6.43. The number of benzene rings is 2. The fourth-order valence-corrected chi connectivity index (χ4v) is 4.36. The van der Waals surface area contributed by atoms with Gasteiger partial charge in [-0.15, -0.1) is 11.3 Å². The molecule has 30 heavy (non-hydrogen) atoms. The van der Waals surface area contributed by atoms with Gasteiger partial charge in [-0.25, -0.2) is 0 Å². The molecule has 0 saturated heterocycles. The van der Waals surface area contributed by atoms with E-state index in [1.165, 1.54) is 29.1 Å². The molecule has 0 aliphatic carbocycles. The number of nitrogens with zero attached hydrogens (tertiary/aromatic N) is 1. The maximum atomic E-state index is 12.6. The Balaban J connectivity index is 1.48. The molecule has 2 heterocycles. The first-order valence-electron chi connectivity index (χ1n) is 9.13. The van der Waals surface area contributed by atoms with E-state index in [1.807, 2.05) is 18.2 Å². The van der Waals surface area contributed by atoms with E-state index in [9.17, 15) is 9.59 Å². The number of ether oxygens (including phenoxy) is 3. The van der Waals surface area contributed by atoms with Crippen LogP contribution in [0.15, 0.2) is 53.3 Å². The highest BCUT2D eigenvalue weighted by Crippen LogP contribution is 2.36. The van der Waals surface area contributed by atoms with Gasteiger partial charge in [-0.05, 0) is 48.1 Å². The minimum Gasteiger partial charge on any atom is -0.495 e. The molecule has 7 nitrogen and oxygen atoms in total. The zero-order valence-corrected chi connectivity index (χ0v) is 17.7. The van der Waals surface area contributed by atoms with Crippen LogP contribution in [0.5, 0.6) is 17.2 Å². The lowest BCUT2D eigenvalue weighted by Gasteiger charge is -2.11. The van der Waals surface area contributed by atoms with Crippen LogP contribution in [0.2, 0.25) is 0 Å². The third-order valence-electron chi connectivity index (χ3n) is 4.54. The highest BCUT2D eigenvalue weighted by Gasteiger charge is 2.15. The highest BCUT2D eigenvalue weighted by molar-refractivity contribution is 7.73. The first kappa shape index (κ1) is 20.1. The quantitative estimate of drug-likeness (QED) is 0.580. The molecular formula is C21H18N2O5S2. The maximum Gasteiger partial charge on any atom is 0.253 e. The summed E-state index contributed by atoms with van der Waals surface area (Å²) < 4.78 is 17.8. The van der Waals surface area contributed by atoms with Crippen LogP contribution < -0.4 is 25.1 Å². The first-order valence-corrected chi connectivity index (χ1v) is 10.4. The fraction of sp³-hybridized carbons (Fsp3) is 0.190. The van der Waals surface area contributed by atoms with Crippen molar-refractivity contribution in [2.24, 2.45) is 0 Å². The van der Waals surface area contributed by atoms with Gasteiger partial charge in [0.15, 0.2) is 15.5 Å². The van der Waals surface area contributed by atoms with E-state index in [1.54, 1.807) is 24.3 Å². The molecule has 1 amide bonds. The number of amides is 1. The molecule has 0 radical (unpaired) electrons. The van der Waals surface area contributed by atoms with Crippen LogP contribution in [-0.2, 0) is 11.3 Å². The van der Waals surface area contributed by atoms with Crippen LogP contribution in [-0.4, -0.2) is 24.4 Å². The van der Waals surface area contributed by atoms with Crippen molar-refractivity contribution < 1.29 is 19.0 Å². The van der Waals surface area contributed by atoms with E-state index in [-0.39, 0.29) is 31.2 Å². The Hall–Kier alpha value is -3.17. The van der Waals surface area contributed by atoms with Gasteiger partial charge < -0.3 is 19.5 Å². The van der Waals surface area contributed by atoms with Gasteiger partial charge >= 0.3 is 0 Å².